The minimum Gasteiger partial charge on any atom is -1.00 e. The van der Waals surface area contributed by atoms with Crippen LogP contribution < -0.4 is 20.0 Å². The maximum atomic E-state index is 2.31. The smallest absolute Gasteiger partial charge is 1.00 e. The fourth-order valence-electron chi connectivity index (χ4n) is 4.00. The first-order chi connectivity index (χ1) is 14.8. The molecule has 6 aromatic rings. The van der Waals surface area contributed by atoms with Gasteiger partial charge in [0.05, 0.1) is 0 Å². The number of benzene rings is 4. The van der Waals surface area contributed by atoms with Crippen LogP contribution in [0.1, 0.15) is 5.56 Å². The van der Waals surface area contributed by atoms with E-state index in [-0.39, 0.29) is 35.3 Å². The van der Waals surface area contributed by atoms with Crippen LogP contribution in [0.4, 0.5) is 0 Å². The molecular formula is C29H23F2HfP. The molecule has 0 amide bonds. The standard InChI is InChI=1S/C16H14P.C13H9.2FH.Hf/c1-12-6-2-5-9-16(12)17-15-10-13-7-3-4-8-14(13)11-15;1-3-7-12-10(5-1)9-11-6-2-4-8-13(11)12;;;/h2-11,17H,1H3;1-9H;2*1H;/q2*-1;;;+4/p-2. The van der Waals surface area contributed by atoms with E-state index in [1.807, 2.05) is 0 Å². The predicted octanol–water partition coefficient (Wildman–Crippen LogP) is 1.21. The van der Waals surface area contributed by atoms with Crippen LogP contribution in [0, 0.1) is 6.92 Å². The molecule has 4 heteroatoms. The number of fused-ring (bicyclic) bond motifs is 4. The number of rotatable bonds is 2. The Morgan fingerprint density at radius 2 is 1.09 bits per heavy atom. The first kappa shape index (κ1) is 26.8. The Kier molecular flexibility index (Phi) is 9.83. The Balaban J connectivity index is 0.000000220. The topological polar surface area (TPSA) is 0 Å². The maximum Gasteiger partial charge on any atom is 4.00 e. The zero-order chi connectivity index (χ0) is 20.3. The summed E-state index contributed by atoms with van der Waals surface area (Å²) < 4.78 is 0. The van der Waals surface area contributed by atoms with Gasteiger partial charge in [-0.25, -0.2) is 0 Å². The van der Waals surface area contributed by atoms with E-state index in [1.54, 1.807) is 0 Å². The van der Waals surface area contributed by atoms with Gasteiger partial charge in [0.1, 0.15) is 0 Å². The van der Waals surface area contributed by atoms with Crippen molar-refractivity contribution >= 4 is 51.5 Å². The van der Waals surface area contributed by atoms with Gasteiger partial charge in [-0.15, -0.1) is 80.1 Å². The van der Waals surface area contributed by atoms with Crippen LogP contribution in [0.5, 0.6) is 0 Å². The number of aryl methyl sites for hydroxylation is 1. The van der Waals surface area contributed by atoms with E-state index in [9.17, 15) is 0 Å². The average molecular weight is 619 g/mol. The molecule has 0 bridgehead atoms. The maximum absolute atomic E-state index is 2.31. The summed E-state index contributed by atoms with van der Waals surface area (Å²) in [6.07, 6.45) is 0. The Morgan fingerprint density at radius 1 is 0.576 bits per heavy atom. The minimum atomic E-state index is 0. The molecule has 1 atom stereocenters. The molecule has 0 N–H and O–H groups in total. The van der Waals surface area contributed by atoms with Crippen molar-refractivity contribution in [1.29, 1.82) is 0 Å². The van der Waals surface area contributed by atoms with Gasteiger partial charge in [-0.3, -0.25) is 0 Å². The Morgan fingerprint density at radius 3 is 1.70 bits per heavy atom. The minimum absolute atomic E-state index is 0. The Labute approximate surface area is 213 Å². The molecule has 6 rings (SSSR count). The number of hydrogen-bond acceptors (Lipinski definition) is 0. The Bertz CT molecular complexity index is 1360. The summed E-state index contributed by atoms with van der Waals surface area (Å²) in [5.41, 5.74) is 1.39. The summed E-state index contributed by atoms with van der Waals surface area (Å²) >= 11 is 0. The summed E-state index contributed by atoms with van der Waals surface area (Å²) in [6.45, 7) is 2.19. The molecule has 0 saturated heterocycles. The van der Waals surface area contributed by atoms with Crippen LogP contribution in [0.2, 0.25) is 0 Å². The molecule has 33 heavy (non-hydrogen) atoms. The van der Waals surface area contributed by atoms with Gasteiger partial charge in [-0.05, 0) is 17.8 Å². The van der Waals surface area contributed by atoms with Crippen molar-refractivity contribution in [2.75, 3.05) is 0 Å². The largest absolute Gasteiger partial charge is 4.00 e. The average Bonchev–Trinajstić information content (AvgIpc) is 3.36. The fourth-order valence-corrected chi connectivity index (χ4v) is 5.22. The third-order valence-electron chi connectivity index (χ3n) is 5.56. The van der Waals surface area contributed by atoms with Crippen molar-refractivity contribution in [2.45, 2.75) is 6.92 Å². The second-order valence-corrected chi connectivity index (χ2v) is 9.00. The van der Waals surface area contributed by atoms with Crippen molar-refractivity contribution < 1.29 is 35.3 Å². The summed E-state index contributed by atoms with van der Waals surface area (Å²) in [7, 11) is 0.759. The fraction of sp³-hybridized carbons (Fsp3) is 0.0345. The van der Waals surface area contributed by atoms with Crippen LogP contribution in [-0.2, 0) is 25.8 Å². The van der Waals surface area contributed by atoms with Gasteiger partial charge < -0.3 is 9.41 Å². The van der Waals surface area contributed by atoms with Gasteiger partial charge in [-0.1, -0.05) is 75.3 Å². The molecule has 0 spiro atoms. The SMILES string of the molecule is Cc1ccccc1Pc1cc2ccccc2[cH-]1.[F-].[F-].[Hf+4].c1ccc2c(c1)[cH-]c1ccccc12. The predicted molar refractivity (Wildman–Crippen MR) is 135 cm³/mol. The monoisotopic (exact) mass is 620 g/mol. The third kappa shape index (κ3) is 5.91. The van der Waals surface area contributed by atoms with E-state index in [1.165, 1.54) is 48.5 Å². The van der Waals surface area contributed by atoms with E-state index in [0.717, 1.165) is 8.58 Å². The normalized spacial score (nSPS) is 10.3. The summed E-state index contributed by atoms with van der Waals surface area (Å²) in [6, 6.07) is 41.1. The molecule has 162 valence electrons. The van der Waals surface area contributed by atoms with Crippen LogP contribution in [-0.4, -0.2) is 0 Å². The van der Waals surface area contributed by atoms with Crippen molar-refractivity contribution in [3.05, 3.63) is 121 Å². The molecule has 0 fully saturated rings. The van der Waals surface area contributed by atoms with Gasteiger partial charge in [-0.2, -0.15) is 6.07 Å². The summed E-state index contributed by atoms with van der Waals surface area (Å²) in [5.74, 6) is 0. The molecule has 0 aliphatic rings. The first-order valence-corrected chi connectivity index (χ1v) is 11.3. The molecule has 0 aliphatic heterocycles. The van der Waals surface area contributed by atoms with Crippen molar-refractivity contribution in [2.24, 2.45) is 0 Å². The molecule has 1 unspecified atom stereocenters. The zero-order valence-electron chi connectivity index (χ0n) is 18.2. The van der Waals surface area contributed by atoms with Gasteiger partial charge in [0, 0.05) is 0 Å². The van der Waals surface area contributed by atoms with Crippen molar-refractivity contribution in [1.82, 2.24) is 0 Å². The van der Waals surface area contributed by atoms with Crippen LogP contribution >= 0.6 is 8.58 Å². The van der Waals surface area contributed by atoms with E-state index in [4.69, 9.17) is 0 Å². The quantitative estimate of drug-likeness (QED) is 0.156. The zero-order valence-corrected chi connectivity index (χ0v) is 22.8. The third-order valence-corrected chi connectivity index (χ3v) is 6.97. The van der Waals surface area contributed by atoms with Crippen LogP contribution in [0.25, 0.3) is 32.3 Å². The van der Waals surface area contributed by atoms with E-state index in [2.05, 4.69) is 122 Å². The first-order valence-electron chi connectivity index (χ1n) is 10.3. The summed E-state index contributed by atoms with van der Waals surface area (Å²) in [5, 5.41) is 11.0. The molecule has 0 radical (unpaired) electrons. The second-order valence-electron chi connectivity index (χ2n) is 7.63. The molecule has 0 nitrogen and oxygen atoms in total. The number of hydrogen-bond donors (Lipinski definition) is 0. The van der Waals surface area contributed by atoms with E-state index >= 15 is 0 Å². The van der Waals surface area contributed by atoms with E-state index < -0.39 is 0 Å². The van der Waals surface area contributed by atoms with Crippen LogP contribution in [0.3, 0.4) is 0 Å². The van der Waals surface area contributed by atoms with E-state index in [0.29, 0.717) is 0 Å². The molecular weight excluding hydrogens is 596 g/mol. The molecule has 0 heterocycles. The van der Waals surface area contributed by atoms with Crippen molar-refractivity contribution in [3.63, 3.8) is 0 Å². The molecule has 0 aromatic heterocycles. The number of halogens is 2. The molecule has 6 aromatic carbocycles. The van der Waals surface area contributed by atoms with Crippen molar-refractivity contribution in [3.8, 4) is 0 Å². The second kappa shape index (κ2) is 12.1. The summed E-state index contributed by atoms with van der Waals surface area (Å²) in [4.78, 5) is 0. The van der Waals surface area contributed by atoms with Crippen LogP contribution in [0.15, 0.2) is 115 Å². The Hall–Kier alpha value is -2.48. The van der Waals surface area contributed by atoms with Gasteiger partial charge in [0.25, 0.3) is 0 Å². The molecule has 0 aliphatic carbocycles. The molecule has 0 saturated carbocycles. The van der Waals surface area contributed by atoms with Gasteiger partial charge in [0.2, 0.25) is 0 Å². The van der Waals surface area contributed by atoms with Gasteiger partial charge in [0.15, 0.2) is 0 Å². The van der Waals surface area contributed by atoms with Gasteiger partial charge >= 0.3 is 25.8 Å².